The van der Waals surface area contributed by atoms with E-state index in [1.54, 1.807) is 28.4 Å². The Balaban J connectivity index is 1.60. The van der Waals surface area contributed by atoms with Crippen LogP contribution in [0.3, 0.4) is 0 Å². The molecule has 0 aromatic heterocycles. The maximum Gasteiger partial charge on any atom is 0.302 e. The van der Waals surface area contributed by atoms with Crippen LogP contribution in [0.15, 0.2) is 0 Å². The molecule has 6 fully saturated rings. The summed E-state index contributed by atoms with van der Waals surface area (Å²) in [6, 6.07) is -0.413. The molecule has 192 valence electrons. The lowest BCUT2D eigenvalue weighted by molar-refractivity contribution is -0.301. The lowest BCUT2D eigenvalue weighted by atomic mass is 9.43. The predicted octanol–water partition coefficient (Wildman–Crippen LogP) is 0.110. The molecule has 0 aromatic rings. The van der Waals surface area contributed by atoms with Gasteiger partial charge in [-0.1, -0.05) is 0 Å². The number of hydrogen-bond acceptors (Lipinski definition) is 9. The molecule has 1 spiro atoms. The lowest BCUT2D eigenvalue weighted by Crippen LogP contribution is -2.81. The van der Waals surface area contributed by atoms with Crippen LogP contribution in [0.2, 0.25) is 0 Å². The number of carbonyl (C=O) groups is 1. The second-order valence-corrected chi connectivity index (χ2v) is 11.8. The average Bonchev–Trinajstić information content (AvgIpc) is 3.22. The molecular weight excluding hydrogens is 442 g/mol. The highest BCUT2D eigenvalue weighted by Gasteiger charge is 2.90. The van der Waals surface area contributed by atoms with E-state index in [4.69, 9.17) is 23.7 Å². The van der Waals surface area contributed by atoms with Crippen LogP contribution >= 0.6 is 0 Å². The van der Waals surface area contributed by atoms with Crippen molar-refractivity contribution in [1.82, 2.24) is 5.32 Å². The van der Waals surface area contributed by atoms with Gasteiger partial charge < -0.3 is 39.2 Å². The van der Waals surface area contributed by atoms with E-state index in [-0.39, 0.29) is 54.6 Å². The van der Waals surface area contributed by atoms with E-state index in [1.807, 2.05) is 0 Å². The summed E-state index contributed by atoms with van der Waals surface area (Å²) in [7, 11) is 6.75. The third-order valence-corrected chi connectivity index (χ3v) is 11.3. The molecule has 7 bridgehead atoms. The topological polar surface area (TPSA) is 116 Å². The van der Waals surface area contributed by atoms with Crippen molar-refractivity contribution in [2.75, 3.05) is 41.6 Å². The maximum atomic E-state index is 12.8. The Bertz CT molecular complexity index is 872. The number of ether oxygens (including phenoxy) is 5. The molecule has 3 N–H and O–H groups in total. The second kappa shape index (κ2) is 7.37. The average molecular weight is 482 g/mol. The van der Waals surface area contributed by atoms with Crippen LogP contribution in [0.25, 0.3) is 0 Å². The zero-order valence-corrected chi connectivity index (χ0v) is 20.8. The largest absolute Gasteiger partial charge is 0.465 e. The van der Waals surface area contributed by atoms with Gasteiger partial charge in [-0.3, -0.25) is 4.79 Å². The normalized spacial score (nSPS) is 58.6. The van der Waals surface area contributed by atoms with Crippen LogP contribution in [0.4, 0.5) is 0 Å². The smallest absolute Gasteiger partial charge is 0.302 e. The highest BCUT2D eigenvalue weighted by molar-refractivity contribution is 5.66. The van der Waals surface area contributed by atoms with Crippen molar-refractivity contribution in [2.45, 2.75) is 74.3 Å². The van der Waals surface area contributed by atoms with Gasteiger partial charge >= 0.3 is 5.97 Å². The summed E-state index contributed by atoms with van der Waals surface area (Å²) in [5, 5.41) is 29.1. The molecule has 0 radical (unpaired) electrons. The van der Waals surface area contributed by atoms with Crippen LogP contribution in [-0.4, -0.2) is 99.4 Å². The van der Waals surface area contributed by atoms with Gasteiger partial charge in [0.15, 0.2) is 0 Å². The first-order chi connectivity index (χ1) is 16.2. The molecule has 0 amide bonds. The van der Waals surface area contributed by atoms with E-state index >= 15 is 0 Å². The fourth-order valence-corrected chi connectivity index (χ4v) is 10.6. The second-order valence-electron chi connectivity index (χ2n) is 11.8. The van der Waals surface area contributed by atoms with Gasteiger partial charge in [0, 0.05) is 76.9 Å². The first-order valence-corrected chi connectivity index (χ1v) is 12.6. The van der Waals surface area contributed by atoms with Crippen molar-refractivity contribution in [2.24, 2.45) is 34.5 Å². The fraction of sp³-hybridized carbons (Fsp3) is 0.960. The van der Waals surface area contributed by atoms with E-state index in [0.717, 1.165) is 19.3 Å². The highest BCUT2D eigenvalue weighted by Crippen LogP contribution is 2.79. The van der Waals surface area contributed by atoms with Gasteiger partial charge in [0.25, 0.3) is 0 Å². The van der Waals surface area contributed by atoms with Gasteiger partial charge in [0.2, 0.25) is 0 Å². The maximum absolute atomic E-state index is 12.8. The molecule has 9 heteroatoms. The SMILES string of the molecule is CO[C@H]1[C@@H]2C[C@@H]3[C@H]1[C@](O)(C[C@@H]2OC)[C@]1(O)[C@@H](OC)[C@@H]2[C@@]4(COC(C)=O)CC[C@H](OC)[C@@]32[C@@H]1NC4. The van der Waals surface area contributed by atoms with Crippen molar-refractivity contribution in [3.63, 3.8) is 0 Å². The quantitative estimate of drug-likeness (QED) is 0.455. The monoisotopic (exact) mass is 481 g/mol. The minimum absolute atomic E-state index is 0.0396. The van der Waals surface area contributed by atoms with Gasteiger partial charge in [-0.15, -0.1) is 0 Å². The van der Waals surface area contributed by atoms with Crippen LogP contribution < -0.4 is 5.32 Å². The Morgan fingerprint density at radius 2 is 1.85 bits per heavy atom. The molecule has 5 aliphatic carbocycles. The molecule has 5 saturated carbocycles. The molecule has 1 saturated heterocycles. The van der Waals surface area contributed by atoms with E-state index in [9.17, 15) is 15.0 Å². The third kappa shape index (κ3) is 2.30. The Morgan fingerprint density at radius 1 is 1.09 bits per heavy atom. The zero-order valence-electron chi connectivity index (χ0n) is 20.8. The van der Waals surface area contributed by atoms with Crippen molar-refractivity contribution in [1.29, 1.82) is 0 Å². The predicted molar refractivity (Wildman–Crippen MR) is 119 cm³/mol. The number of carbonyl (C=O) groups excluding carboxylic acids is 1. The first-order valence-electron chi connectivity index (χ1n) is 12.6. The van der Waals surface area contributed by atoms with Gasteiger partial charge in [-0.05, 0) is 25.2 Å². The van der Waals surface area contributed by atoms with E-state index in [1.165, 1.54) is 6.92 Å². The number of rotatable bonds is 6. The number of methoxy groups -OCH3 is 4. The number of nitrogens with one attached hydrogen (secondary N) is 1. The van der Waals surface area contributed by atoms with Crippen molar-refractivity contribution in [3.05, 3.63) is 0 Å². The fourth-order valence-electron chi connectivity index (χ4n) is 10.6. The molecule has 13 atom stereocenters. The van der Waals surface area contributed by atoms with Gasteiger partial charge in [0.05, 0.1) is 37.1 Å². The molecular formula is C25H39NO8. The number of aliphatic hydroxyl groups is 2. The number of esters is 1. The van der Waals surface area contributed by atoms with Gasteiger partial charge in [-0.25, -0.2) is 0 Å². The summed E-state index contributed by atoms with van der Waals surface area (Å²) in [6.07, 6.45) is 1.53. The van der Waals surface area contributed by atoms with Gasteiger partial charge in [-0.2, -0.15) is 0 Å². The Kier molecular flexibility index (Phi) is 5.11. The molecule has 34 heavy (non-hydrogen) atoms. The first kappa shape index (κ1) is 23.6. The number of hydrogen-bond donors (Lipinski definition) is 3. The van der Waals surface area contributed by atoms with Gasteiger partial charge in [0.1, 0.15) is 11.2 Å². The summed E-state index contributed by atoms with van der Waals surface area (Å²) in [6.45, 7) is 2.28. The molecule has 1 heterocycles. The summed E-state index contributed by atoms with van der Waals surface area (Å²) in [4.78, 5) is 11.9. The van der Waals surface area contributed by atoms with E-state index < -0.39 is 34.2 Å². The minimum Gasteiger partial charge on any atom is -0.465 e. The highest BCUT2D eigenvalue weighted by atomic mass is 16.5. The van der Waals surface area contributed by atoms with Crippen LogP contribution in [0, 0.1) is 34.5 Å². The van der Waals surface area contributed by atoms with E-state index in [2.05, 4.69) is 5.32 Å². The zero-order chi connectivity index (χ0) is 24.3. The minimum atomic E-state index is -1.57. The molecule has 9 nitrogen and oxygen atoms in total. The summed E-state index contributed by atoms with van der Waals surface area (Å²) in [5.41, 5.74) is -3.94. The standard InChI is InChI=1S/C25H39NO8/c1-12(27)34-11-22-7-6-16(31-3)24-14-8-13-15(30-2)9-23(28,17(14)18(13)32-4)25(29,21(24)26-10-22)20(33-5)19(22)24/h13-21,26,28-29H,6-11H2,1-5H3/t13-,14-,15+,16+,17-,18+,19-,20+,21+,22+,23-,24+,25+/m1/s1. The third-order valence-electron chi connectivity index (χ3n) is 11.3. The summed E-state index contributed by atoms with van der Waals surface area (Å²) in [5.74, 6) is -0.549. The Labute approximate surface area is 200 Å². The van der Waals surface area contributed by atoms with Crippen molar-refractivity contribution >= 4 is 5.97 Å². The lowest BCUT2D eigenvalue weighted by Gasteiger charge is -2.67. The molecule has 6 rings (SSSR count). The van der Waals surface area contributed by atoms with E-state index in [0.29, 0.717) is 13.0 Å². The van der Waals surface area contributed by atoms with Crippen LogP contribution in [-0.2, 0) is 28.5 Å². The molecule has 1 aliphatic heterocycles. The van der Waals surface area contributed by atoms with Crippen molar-refractivity contribution in [3.8, 4) is 0 Å². The Morgan fingerprint density at radius 3 is 2.47 bits per heavy atom. The van der Waals surface area contributed by atoms with Crippen LogP contribution in [0.1, 0.15) is 32.6 Å². The molecule has 0 aromatic carbocycles. The summed E-state index contributed by atoms with van der Waals surface area (Å²) >= 11 is 0. The molecule has 6 aliphatic rings. The summed E-state index contributed by atoms with van der Waals surface area (Å²) < 4.78 is 30.0. The molecule has 0 unspecified atom stereocenters. The number of piperidine rings is 1. The number of fused-ring (bicyclic) bond motifs is 2. The Hall–Kier alpha value is -0.810. The van der Waals surface area contributed by atoms with Crippen molar-refractivity contribution < 1.29 is 38.7 Å². The van der Waals surface area contributed by atoms with Crippen LogP contribution in [0.5, 0.6) is 0 Å².